The largest absolute Gasteiger partial charge is 0.508 e. The third kappa shape index (κ3) is 3.80. The average Bonchev–Trinajstić information content (AvgIpc) is 2.79. The fraction of sp³-hybridized carbons (Fsp3) is 0.318. The smallest absolute Gasteiger partial charge is 0.238 e. The molecule has 0 amide bonds. The van der Waals surface area contributed by atoms with Gasteiger partial charge in [0.15, 0.2) is 17.1 Å². The zero-order valence-electron chi connectivity index (χ0n) is 17.5. The minimum absolute atomic E-state index is 0.0418. The number of ether oxygens (including phenoxy) is 3. The van der Waals surface area contributed by atoms with Crippen molar-refractivity contribution in [2.24, 2.45) is 0 Å². The molecule has 2 aromatic carbocycles. The van der Waals surface area contributed by atoms with Crippen molar-refractivity contribution >= 4 is 11.0 Å². The first kappa shape index (κ1) is 22.7. The van der Waals surface area contributed by atoms with Crippen molar-refractivity contribution in [1.29, 1.82) is 0 Å². The lowest BCUT2D eigenvalue weighted by molar-refractivity contribution is -0.268. The van der Waals surface area contributed by atoms with E-state index < -0.39 is 47.6 Å². The summed E-state index contributed by atoms with van der Waals surface area (Å²) in [4.78, 5) is 12.8. The quantitative estimate of drug-likeness (QED) is 0.323. The number of fused-ring (bicyclic) bond motifs is 1. The van der Waals surface area contributed by atoms with E-state index >= 15 is 0 Å². The van der Waals surface area contributed by atoms with Gasteiger partial charge in [-0.15, -0.1) is 0 Å². The molecule has 6 N–H and O–H groups in total. The molecule has 1 aliphatic heterocycles. The van der Waals surface area contributed by atoms with Crippen LogP contribution in [-0.2, 0) is 4.74 Å². The van der Waals surface area contributed by atoms with Crippen LogP contribution in [0.1, 0.15) is 6.92 Å². The molecule has 33 heavy (non-hydrogen) atoms. The Labute approximate surface area is 186 Å². The lowest BCUT2D eigenvalue weighted by atomic mass is 10.00. The SMILES string of the molecule is COc1c(O[C@@H]2O[C@H](C)[C@@H](O)[C@H](O)[C@@H]2O)cc(O)c2c(=O)c(O)c(-c3ccc(O)cc3)oc12. The monoisotopic (exact) mass is 462 g/mol. The highest BCUT2D eigenvalue weighted by molar-refractivity contribution is 5.93. The number of aromatic hydroxyl groups is 3. The lowest BCUT2D eigenvalue weighted by Gasteiger charge is -2.39. The summed E-state index contributed by atoms with van der Waals surface area (Å²) in [5.74, 6) is -2.03. The summed E-state index contributed by atoms with van der Waals surface area (Å²) < 4.78 is 22.1. The summed E-state index contributed by atoms with van der Waals surface area (Å²) in [5, 5.41) is 60.1. The Kier molecular flexibility index (Phi) is 5.80. The van der Waals surface area contributed by atoms with Gasteiger partial charge in [-0.3, -0.25) is 4.79 Å². The van der Waals surface area contributed by atoms with Crippen LogP contribution in [0.2, 0.25) is 0 Å². The van der Waals surface area contributed by atoms with Gasteiger partial charge in [0.2, 0.25) is 23.2 Å². The molecule has 11 nitrogen and oxygen atoms in total. The normalized spacial score (nSPS) is 25.2. The van der Waals surface area contributed by atoms with E-state index in [0.29, 0.717) is 0 Å². The fourth-order valence-electron chi connectivity index (χ4n) is 3.62. The van der Waals surface area contributed by atoms with Crippen molar-refractivity contribution in [3.63, 3.8) is 0 Å². The Morgan fingerprint density at radius 2 is 1.64 bits per heavy atom. The minimum atomic E-state index is -1.64. The number of phenols is 2. The zero-order chi connectivity index (χ0) is 24.0. The van der Waals surface area contributed by atoms with Crippen LogP contribution in [0.5, 0.6) is 28.7 Å². The van der Waals surface area contributed by atoms with E-state index in [0.717, 1.165) is 6.07 Å². The molecule has 1 saturated heterocycles. The summed E-state index contributed by atoms with van der Waals surface area (Å²) in [7, 11) is 1.24. The van der Waals surface area contributed by atoms with Gasteiger partial charge in [0.05, 0.1) is 13.2 Å². The van der Waals surface area contributed by atoms with Crippen molar-refractivity contribution in [1.82, 2.24) is 0 Å². The molecule has 0 radical (unpaired) electrons. The van der Waals surface area contributed by atoms with Gasteiger partial charge in [-0.2, -0.15) is 0 Å². The van der Waals surface area contributed by atoms with Crippen LogP contribution in [0.15, 0.2) is 39.5 Å². The number of hydrogen-bond donors (Lipinski definition) is 6. The van der Waals surface area contributed by atoms with Crippen molar-refractivity contribution < 1.29 is 49.3 Å². The first-order valence-electron chi connectivity index (χ1n) is 9.89. The molecular formula is C22H22O11. The molecule has 4 rings (SSSR count). The Hall–Kier alpha value is -3.51. The van der Waals surface area contributed by atoms with Crippen LogP contribution >= 0.6 is 0 Å². The molecule has 0 unspecified atom stereocenters. The Morgan fingerprint density at radius 1 is 0.970 bits per heavy atom. The molecule has 1 aliphatic rings. The van der Waals surface area contributed by atoms with E-state index in [2.05, 4.69) is 0 Å². The second-order valence-corrected chi connectivity index (χ2v) is 7.59. The fourth-order valence-corrected chi connectivity index (χ4v) is 3.62. The van der Waals surface area contributed by atoms with Gasteiger partial charge in [-0.1, -0.05) is 0 Å². The number of aliphatic hydroxyl groups excluding tert-OH is 3. The van der Waals surface area contributed by atoms with Crippen LogP contribution < -0.4 is 14.9 Å². The molecule has 0 saturated carbocycles. The maximum Gasteiger partial charge on any atom is 0.238 e. The molecule has 5 atom stereocenters. The first-order chi connectivity index (χ1) is 15.6. The highest BCUT2D eigenvalue weighted by Gasteiger charge is 2.43. The highest BCUT2D eigenvalue weighted by Crippen LogP contribution is 2.44. The van der Waals surface area contributed by atoms with E-state index in [1.807, 2.05) is 0 Å². The van der Waals surface area contributed by atoms with Crippen LogP contribution in [0.25, 0.3) is 22.3 Å². The summed E-state index contributed by atoms with van der Waals surface area (Å²) in [6, 6.07) is 6.49. The minimum Gasteiger partial charge on any atom is -0.508 e. The van der Waals surface area contributed by atoms with Crippen molar-refractivity contribution in [3.8, 4) is 40.1 Å². The summed E-state index contributed by atoms with van der Waals surface area (Å²) in [6.45, 7) is 1.47. The summed E-state index contributed by atoms with van der Waals surface area (Å²) in [6.07, 6.45) is -6.89. The third-order valence-electron chi connectivity index (χ3n) is 5.43. The number of hydrogen-bond acceptors (Lipinski definition) is 11. The van der Waals surface area contributed by atoms with E-state index in [-0.39, 0.29) is 39.5 Å². The van der Waals surface area contributed by atoms with Crippen molar-refractivity contribution in [2.45, 2.75) is 37.6 Å². The summed E-state index contributed by atoms with van der Waals surface area (Å²) in [5.41, 5.74) is -0.950. The molecule has 3 aromatic rings. The maximum atomic E-state index is 12.8. The summed E-state index contributed by atoms with van der Waals surface area (Å²) >= 11 is 0. The first-order valence-corrected chi connectivity index (χ1v) is 9.89. The van der Waals surface area contributed by atoms with E-state index in [4.69, 9.17) is 18.6 Å². The molecule has 1 fully saturated rings. The standard InChI is InChI=1S/C22H22O11/c1-8-14(25)16(27)18(29)22(31-8)32-12-7-11(24)13-15(26)17(28)19(33-21(13)20(12)30-2)9-3-5-10(23)6-4-9/h3-8,14,16,18,22-25,27-29H,1-2H3/t8-,14-,16+,18+,22+/m1/s1. The topological polar surface area (TPSA) is 179 Å². The second kappa shape index (κ2) is 8.45. The molecular weight excluding hydrogens is 440 g/mol. The van der Waals surface area contributed by atoms with Gasteiger partial charge in [0.25, 0.3) is 0 Å². The van der Waals surface area contributed by atoms with E-state index in [1.54, 1.807) is 0 Å². The number of aliphatic hydroxyl groups is 3. The molecule has 2 heterocycles. The van der Waals surface area contributed by atoms with Gasteiger partial charge < -0.3 is 49.3 Å². The Morgan fingerprint density at radius 3 is 2.27 bits per heavy atom. The van der Waals surface area contributed by atoms with Gasteiger partial charge in [-0.05, 0) is 31.2 Å². The van der Waals surface area contributed by atoms with Crippen LogP contribution in [-0.4, -0.2) is 68.5 Å². The second-order valence-electron chi connectivity index (χ2n) is 7.59. The van der Waals surface area contributed by atoms with Crippen LogP contribution in [0.3, 0.4) is 0 Å². The molecule has 176 valence electrons. The van der Waals surface area contributed by atoms with E-state index in [9.17, 15) is 35.4 Å². The number of phenolic OH excluding ortho intramolecular Hbond substituents is 2. The predicted molar refractivity (Wildman–Crippen MR) is 112 cm³/mol. The van der Waals surface area contributed by atoms with Crippen molar-refractivity contribution in [2.75, 3.05) is 7.11 Å². The van der Waals surface area contributed by atoms with Crippen molar-refractivity contribution in [3.05, 3.63) is 40.6 Å². The maximum absolute atomic E-state index is 12.8. The van der Waals surface area contributed by atoms with Gasteiger partial charge in [0, 0.05) is 11.6 Å². The highest BCUT2D eigenvalue weighted by atomic mass is 16.7. The molecule has 0 bridgehead atoms. The number of rotatable bonds is 4. The van der Waals surface area contributed by atoms with E-state index in [1.165, 1.54) is 38.3 Å². The van der Waals surface area contributed by atoms with Gasteiger partial charge in [0.1, 0.15) is 35.2 Å². The Bertz CT molecular complexity index is 1230. The molecule has 0 aliphatic carbocycles. The zero-order valence-corrected chi connectivity index (χ0v) is 17.5. The number of benzene rings is 2. The average molecular weight is 462 g/mol. The predicted octanol–water partition coefficient (Wildman–Crippen LogP) is 0.792. The molecule has 11 heteroatoms. The third-order valence-corrected chi connectivity index (χ3v) is 5.43. The van der Waals surface area contributed by atoms with Crippen LogP contribution in [0, 0.1) is 0 Å². The molecule has 0 spiro atoms. The van der Waals surface area contributed by atoms with Crippen LogP contribution in [0.4, 0.5) is 0 Å². The number of methoxy groups -OCH3 is 1. The van der Waals surface area contributed by atoms with Gasteiger partial charge in [-0.25, -0.2) is 0 Å². The molecule has 1 aromatic heterocycles. The Balaban J connectivity index is 1.86. The lowest BCUT2D eigenvalue weighted by Crippen LogP contribution is -2.58. The van der Waals surface area contributed by atoms with Gasteiger partial charge >= 0.3 is 0 Å².